The second-order valence-electron chi connectivity index (χ2n) is 9.49. The van der Waals surface area contributed by atoms with Gasteiger partial charge in [0.1, 0.15) is 22.8 Å². The SMILES string of the molecule is C=CC(=O)NCCOCCc1ccc2nc(N)c3nc(CCCC)n(Cc4cc(O)ccc4OP(=O)(O)O)c3c2c1. The van der Waals surface area contributed by atoms with Crippen LogP contribution < -0.4 is 15.6 Å². The van der Waals surface area contributed by atoms with Crippen molar-refractivity contribution < 1.29 is 33.5 Å². The van der Waals surface area contributed by atoms with Gasteiger partial charge in [-0.05, 0) is 54.8 Å². The molecule has 2 heterocycles. The first-order valence-corrected chi connectivity index (χ1v) is 14.7. The fourth-order valence-electron chi connectivity index (χ4n) is 4.54. The summed E-state index contributed by atoms with van der Waals surface area (Å²) in [5, 5.41) is 13.6. The van der Waals surface area contributed by atoms with Crippen LogP contribution in [0.4, 0.5) is 5.82 Å². The van der Waals surface area contributed by atoms with E-state index < -0.39 is 7.82 Å². The summed E-state index contributed by atoms with van der Waals surface area (Å²) in [7, 11) is -4.85. The molecule has 1 amide bonds. The van der Waals surface area contributed by atoms with Gasteiger partial charge in [-0.15, -0.1) is 0 Å². The number of fused-ring (bicyclic) bond motifs is 3. The minimum absolute atomic E-state index is 0.0483. The number of aryl methyl sites for hydroxylation is 1. The topological polar surface area (TPSA) is 182 Å². The summed E-state index contributed by atoms with van der Waals surface area (Å²) in [6.07, 6.45) is 4.24. The molecule has 0 atom stereocenters. The van der Waals surface area contributed by atoms with Gasteiger partial charge in [-0.1, -0.05) is 26.0 Å². The number of carbonyl (C=O) groups is 1. The first kappa shape index (κ1) is 30.0. The minimum atomic E-state index is -4.85. The van der Waals surface area contributed by atoms with E-state index in [1.165, 1.54) is 24.3 Å². The second-order valence-corrected chi connectivity index (χ2v) is 10.7. The van der Waals surface area contributed by atoms with Gasteiger partial charge >= 0.3 is 7.82 Å². The van der Waals surface area contributed by atoms with Crippen LogP contribution in [0, 0.1) is 0 Å². The number of aromatic hydroxyl groups is 1. The van der Waals surface area contributed by atoms with E-state index >= 15 is 0 Å². The van der Waals surface area contributed by atoms with Crippen molar-refractivity contribution >= 4 is 41.5 Å². The quantitative estimate of drug-likeness (QED) is 0.0835. The zero-order valence-electron chi connectivity index (χ0n) is 22.7. The fourth-order valence-corrected chi connectivity index (χ4v) is 4.98. The van der Waals surface area contributed by atoms with Gasteiger partial charge < -0.3 is 30.0 Å². The van der Waals surface area contributed by atoms with Crippen molar-refractivity contribution in [3.05, 3.63) is 66.0 Å². The summed E-state index contributed by atoms with van der Waals surface area (Å²) >= 11 is 0. The molecule has 0 aliphatic heterocycles. The standard InChI is InChI=1S/C28H34N5O7P/c1-3-5-6-24-32-26-27(33(24)17-19-16-20(34)8-10-23(19)40-41(36,37)38)21-15-18(7-9-22(21)31-28(26)29)11-13-39-14-12-30-25(35)4-2/h4,7-10,15-16,34H,2-3,5-6,11-14,17H2,1H3,(H2,29,31)(H,30,35)(H2,36,37,38). The van der Waals surface area contributed by atoms with Crippen molar-refractivity contribution in [1.29, 1.82) is 0 Å². The molecule has 4 rings (SSSR count). The van der Waals surface area contributed by atoms with Crippen LogP contribution >= 0.6 is 7.82 Å². The molecule has 0 fully saturated rings. The molecule has 2 aromatic carbocycles. The average Bonchev–Trinajstić information content (AvgIpc) is 3.29. The van der Waals surface area contributed by atoms with E-state index in [1.54, 1.807) is 0 Å². The summed E-state index contributed by atoms with van der Waals surface area (Å²) in [6.45, 7) is 6.79. The van der Waals surface area contributed by atoms with Crippen molar-refractivity contribution in [3.63, 3.8) is 0 Å². The summed E-state index contributed by atoms with van der Waals surface area (Å²) in [4.78, 5) is 39.5. The third-order valence-electron chi connectivity index (χ3n) is 6.46. The van der Waals surface area contributed by atoms with Gasteiger partial charge in [0.15, 0.2) is 5.82 Å². The molecule has 41 heavy (non-hydrogen) atoms. The maximum atomic E-state index is 11.6. The number of aromatic nitrogens is 3. The van der Waals surface area contributed by atoms with Crippen LogP contribution in [0.25, 0.3) is 21.9 Å². The van der Waals surface area contributed by atoms with Crippen LogP contribution in [-0.2, 0) is 33.5 Å². The number of carbonyl (C=O) groups excluding carboxylic acids is 1. The highest BCUT2D eigenvalue weighted by Crippen LogP contribution is 2.41. The molecular formula is C28H34N5O7P. The number of rotatable bonds is 14. The number of unbranched alkanes of at least 4 members (excludes halogenated alkanes) is 1. The number of amides is 1. The van der Waals surface area contributed by atoms with E-state index in [1.807, 2.05) is 22.8 Å². The van der Waals surface area contributed by atoms with E-state index in [-0.39, 0.29) is 29.8 Å². The van der Waals surface area contributed by atoms with Gasteiger partial charge in [-0.2, -0.15) is 0 Å². The lowest BCUT2D eigenvalue weighted by Crippen LogP contribution is -2.25. The maximum absolute atomic E-state index is 11.6. The number of nitrogen functional groups attached to an aromatic ring is 1. The number of nitrogens with two attached hydrogens (primary N) is 1. The average molecular weight is 584 g/mol. The highest BCUT2D eigenvalue weighted by Gasteiger charge is 2.22. The van der Waals surface area contributed by atoms with Gasteiger partial charge in [-0.25, -0.2) is 14.5 Å². The largest absolute Gasteiger partial charge is 0.524 e. The Kier molecular flexibility index (Phi) is 9.61. The number of phosphoric ester groups is 1. The molecule has 0 spiro atoms. The second kappa shape index (κ2) is 13.1. The predicted molar refractivity (Wildman–Crippen MR) is 156 cm³/mol. The number of hydrogen-bond donors (Lipinski definition) is 5. The van der Waals surface area contributed by atoms with Gasteiger partial charge in [0, 0.05) is 23.9 Å². The maximum Gasteiger partial charge on any atom is 0.524 e. The van der Waals surface area contributed by atoms with Crippen LogP contribution in [0.5, 0.6) is 11.5 Å². The number of phenols is 1. The van der Waals surface area contributed by atoms with E-state index in [0.29, 0.717) is 49.2 Å². The molecule has 2 aromatic heterocycles. The predicted octanol–water partition coefficient (Wildman–Crippen LogP) is 3.60. The molecule has 0 saturated heterocycles. The van der Waals surface area contributed by atoms with Crippen LogP contribution in [0.15, 0.2) is 49.1 Å². The number of nitrogens with one attached hydrogen (secondary N) is 1. The number of benzene rings is 2. The summed E-state index contributed by atoms with van der Waals surface area (Å²) in [5.74, 6) is 0.621. The first-order valence-electron chi connectivity index (χ1n) is 13.2. The van der Waals surface area contributed by atoms with Crippen LogP contribution in [-0.4, -0.2) is 55.1 Å². The zero-order chi connectivity index (χ0) is 29.6. The molecule has 12 nitrogen and oxygen atoms in total. The first-order chi connectivity index (χ1) is 19.6. The van der Waals surface area contributed by atoms with Gasteiger partial charge in [0.2, 0.25) is 5.91 Å². The Hall–Kier alpha value is -3.96. The van der Waals surface area contributed by atoms with Crippen LogP contribution in [0.2, 0.25) is 0 Å². The van der Waals surface area contributed by atoms with E-state index in [2.05, 4.69) is 23.8 Å². The normalized spacial score (nSPS) is 11.7. The van der Waals surface area contributed by atoms with Crippen LogP contribution in [0.3, 0.4) is 0 Å². The highest BCUT2D eigenvalue weighted by atomic mass is 31.2. The van der Waals surface area contributed by atoms with Gasteiger partial charge in [0.05, 0.1) is 30.8 Å². The van der Waals surface area contributed by atoms with E-state index in [9.17, 15) is 24.3 Å². The molecule has 0 aliphatic rings. The Morgan fingerprint density at radius 3 is 2.71 bits per heavy atom. The third-order valence-corrected chi connectivity index (χ3v) is 6.89. The van der Waals surface area contributed by atoms with Crippen molar-refractivity contribution in [2.24, 2.45) is 0 Å². The molecule has 218 valence electrons. The van der Waals surface area contributed by atoms with Crippen LogP contribution in [0.1, 0.15) is 36.7 Å². The Morgan fingerprint density at radius 2 is 1.98 bits per heavy atom. The molecular weight excluding hydrogens is 549 g/mol. The molecule has 0 bridgehead atoms. The zero-order valence-corrected chi connectivity index (χ0v) is 23.6. The number of anilines is 1. The smallest absolute Gasteiger partial charge is 0.508 e. The van der Waals surface area contributed by atoms with Gasteiger partial charge in [-0.3, -0.25) is 14.6 Å². The number of pyridine rings is 1. The molecule has 0 saturated carbocycles. The minimum Gasteiger partial charge on any atom is -0.508 e. The Balaban J connectivity index is 1.73. The summed E-state index contributed by atoms with van der Waals surface area (Å²) in [6, 6.07) is 9.87. The fraction of sp³-hybridized carbons (Fsp3) is 0.321. The number of phosphoric acid groups is 1. The van der Waals surface area contributed by atoms with E-state index in [0.717, 1.165) is 35.1 Å². The molecule has 13 heteroatoms. The van der Waals surface area contributed by atoms with Crippen molar-refractivity contribution in [2.75, 3.05) is 25.5 Å². The lowest BCUT2D eigenvalue weighted by atomic mass is 10.1. The lowest BCUT2D eigenvalue weighted by molar-refractivity contribution is -0.116. The summed E-state index contributed by atoms with van der Waals surface area (Å²) in [5.41, 5.74) is 9.61. The molecule has 6 N–H and O–H groups in total. The number of phenolic OH excluding ortho intramolecular Hbond substituents is 1. The lowest BCUT2D eigenvalue weighted by Gasteiger charge is -2.16. The third kappa shape index (κ3) is 7.62. The number of hydrogen-bond acceptors (Lipinski definition) is 8. The molecule has 4 aromatic rings. The van der Waals surface area contributed by atoms with E-state index in [4.69, 9.17) is 20.0 Å². The number of imidazole rings is 1. The summed E-state index contributed by atoms with van der Waals surface area (Å²) < 4.78 is 24.2. The van der Waals surface area contributed by atoms with Crippen molar-refractivity contribution in [2.45, 2.75) is 39.2 Å². The van der Waals surface area contributed by atoms with Crippen molar-refractivity contribution in [1.82, 2.24) is 19.9 Å². The Bertz CT molecular complexity index is 1610. The monoisotopic (exact) mass is 583 g/mol. The van der Waals surface area contributed by atoms with Gasteiger partial charge in [0.25, 0.3) is 0 Å². The molecule has 0 unspecified atom stereocenters. The Labute approximate surface area is 237 Å². The molecule has 0 aliphatic carbocycles. The number of ether oxygens (including phenoxy) is 1. The number of nitrogens with zero attached hydrogens (tertiary/aromatic N) is 3. The highest BCUT2D eigenvalue weighted by molar-refractivity contribution is 7.46. The van der Waals surface area contributed by atoms with Crippen molar-refractivity contribution in [3.8, 4) is 11.5 Å². The Morgan fingerprint density at radius 1 is 1.17 bits per heavy atom. The molecule has 0 radical (unpaired) electrons.